The average molecular weight is 274 g/mol. The van der Waals surface area contributed by atoms with Crippen LogP contribution in [0, 0.1) is 13.8 Å². The molecule has 104 valence electrons. The Kier molecular flexibility index (Phi) is 3.69. The lowest BCUT2D eigenvalue weighted by atomic mass is 10.3. The molecule has 0 bridgehead atoms. The van der Waals surface area contributed by atoms with Gasteiger partial charge in [-0.1, -0.05) is 0 Å². The number of hydrogen-bond donors (Lipinski definition) is 2. The normalized spacial score (nSPS) is 12.7. The van der Waals surface area contributed by atoms with Crippen LogP contribution >= 0.6 is 0 Å². The van der Waals surface area contributed by atoms with Gasteiger partial charge in [-0.15, -0.1) is 0 Å². The first kappa shape index (κ1) is 13.6. The first-order chi connectivity index (χ1) is 9.45. The van der Waals surface area contributed by atoms with Gasteiger partial charge in [-0.25, -0.2) is 4.79 Å². The number of hydrogen-bond acceptors (Lipinski definition) is 3. The van der Waals surface area contributed by atoms with Crippen molar-refractivity contribution < 1.29 is 15.2 Å². The van der Waals surface area contributed by atoms with E-state index in [0.717, 1.165) is 20.6 Å². The summed E-state index contributed by atoms with van der Waals surface area (Å²) in [4.78, 5) is 19.1. The van der Waals surface area contributed by atoms with Gasteiger partial charge in [-0.2, -0.15) is 19.4 Å². The summed E-state index contributed by atoms with van der Waals surface area (Å²) in [5.74, 6) is 0. The summed E-state index contributed by atoms with van der Waals surface area (Å²) in [6.07, 6.45) is 2.75. The fourth-order valence-electron chi connectivity index (χ4n) is 1.55. The van der Waals surface area contributed by atoms with E-state index >= 15 is 0 Å². The van der Waals surface area contributed by atoms with E-state index in [1.165, 1.54) is 24.5 Å². The molecule has 2 amide bonds. The van der Waals surface area contributed by atoms with Crippen LogP contribution in [-0.4, -0.2) is 25.9 Å². The number of amides is 2. The number of aromatic nitrogens is 2. The molecule has 0 radical (unpaired) electrons. The highest BCUT2D eigenvalue weighted by Crippen LogP contribution is 1.91. The van der Waals surface area contributed by atoms with Gasteiger partial charge in [0, 0.05) is 12.4 Å². The van der Waals surface area contributed by atoms with Crippen molar-refractivity contribution in [2.24, 2.45) is 9.98 Å². The molecule has 0 fully saturated rings. The first-order valence-corrected chi connectivity index (χ1v) is 5.86. The third kappa shape index (κ3) is 3.14. The minimum atomic E-state index is -0.827. The summed E-state index contributed by atoms with van der Waals surface area (Å²) in [6, 6.07) is 5.59. The molecule has 7 nitrogen and oxygen atoms in total. The van der Waals surface area contributed by atoms with Crippen molar-refractivity contribution in [3.63, 3.8) is 0 Å². The first-order valence-electron chi connectivity index (χ1n) is 5.86. The zero-order valence-electron chi connectivity index (χ0n) is 11.1. The lowest BCUT2D eigenvalue weighted by molar-refractivity contribution is 0.169. The minimum Gasteiger partial charge on any atom is -0.427 e. The number of nitrogens with zero attached hydrogens (tertiary/aromatic N) is 4. The molecule has 0 aliphatic rings. The highest BCUT2D eigenvalue weighted by molar-refractivity contribution is 5.75. The number of rotatable bonds is 0. The fraction of sp³-hybridized carbons (Fsp3) is 0.154. The van der Waals surface area contributed by atoms with Gasteiger partial charge in [-0.05, 0) is 49.2 Å². The Hall–Kier alpha value is -2.83. The predicted molar refractivity (Wildman–Crippen MR) is 69.2 cm³/mol. The van der Waals surface area contributed by atoms with E-state index in [2.05, 4.69) is 9.98 Å². The highest BCUT2D eigenvalue weighted by Gasteiger charge is 1.99. The van der Waals surface area contributed by atoms with E-state index in [1.54, 1.807) is 12.1 Å². The van der Waals surface area contributed by atoms with Crippen molar-refractivity contribution in [2.45, 2.75) is 13.8 Å². The molecule has 2 rings (SSSR count). The highest BCUT2D eigenvalue weighted by atomic mass is 16.5. The SMILES string of the molecule is Cc1ccn(O)/c(=N\C(=O)/N=c2\cc(C)ccn2O)c1. The Morgan fingerprint density at radius 3 is 1.75 bits per heavy atom. The van der Waals surface area contributed by atoms with Crippen LogP contribution in [0.25, 0.3) is 0 Å². The molecule has 0 aliphatic carbocycles. The topological polar surface area (TPSA) is 92.1 Å². The van der Waals surface area contributed by atoms with Crippen molar-refractivity contribution in [1.29, 1.82) is 0 Å². The number of pyridine rings is 2. The lowest BCUT2D eigenvalue weighted by Crippen LogP contribution is -2.22. The van der Waals surface area contributed by atoms with Crippen LogP contribution in [0.1, 0.15) is 11.1 Å². The van der Waals surface area contributed by atoms with Crippen molar-refractivity contribution in [1.82, 2.24) is 9.46 Å². The van der Waals surface area contributed by atoms with Gasteiger partial charge in [0.1, 0.15) is 0 Å². The Morgan fingerprint density at radius 1 is 0.950 bits per heavy atom. The predicted octanol–water partition coefficient (Wildman–Crippen LogP) is 1.00. The van der Waals surface area contributed by atoms with Crippen LogP contribution < -0.4 is 11.0 Å². The zero-order chi connectivity index (χ0) is 14.7. The van der Waals surface area contributed by atoms with Crippen LogP contribution in [-0.2, 0) is 0 Å². The van der Waals surface area contributed by atoms with Crippen molar-refractivity contribution in [3.05, 3.63) is 58.8 Å². The van der Waals surface area contributed by atoms with Gasteiger partial charge in [0.05, 0.1) is 0 Å². The number of carbonyl (C=O) groups is 1. The van der Waals surface area contributed by atoms with Gasteiger partial charge < -0.3 is 10.4 Å². The van der Waals surface area contributed by atoms with E-state index in [9.17, 15) is 15.2 Å². The van der Waals surface area contributed by atoms with E-state index < -0.39 is 6.03 Å². The summed E-state index contributed by atoms with van der Waals surface area (Å²) < 4.78 is 1.45. The van der Waals surface area contributed by atoms with Crippen molar-refractivity contribution in [3.8, 4) is 0 Å². The molecule has 0 spiro atoms. The molecule has 0 unspecified atom stereocenters. The summed E-state index contributed by atoms with van der Waals surface area (Å²) in [5, 5.41) is 19.0. The van der Waals surface area contributed by atoms with Crippen molar-refractivity contribution in [2.75, 3.05) is 0 Å². The molecular formula is C13H14N4O3. The van der Waals surface area contributed by atoms with E-state index in [4.69, 9.17) is 0 Å². The molecule has 0 atom stereocenters. The van der Waals surface area contributed by atoms with E-state index in [0.29, 0.717) is 0 Å². The Balaban J connectivity index is 2.47. The van der Waals surface area contributed by atoms with Gasteiger partial charge in [0.25, 0.3) is 0 Å². The Morgan fingerprint density at radius 2 is 1.35 bits per heavy atom. The van der Waals surface area contributed by atoms with Crippen LogP contribution in [0.2, 0.25) is 0 Å². The molecule has 2 aromatic heterocycles. The molecule has 2 aromatic rings. The fourth-order valence-corrected chi connectivity index (χ4v) is 1.55. The molecule has 20 heavy (non-hydrogen) atoms. The van der Waals surface area contributed by atoms with Crippen LogP contribution in [0.15, 0.2) is 46.6 Å². The molecule has 0 saturated heterocycles. The molecule has 2 N–H and O–H groups in total. The largest absolute Gasteiger partial charge is 0.427 e. The number of urea groups is 1. The smallest absolute Gasteiger partial charge is 0.371 e. The third-order valence-corrected chi connectivity index (χ3v) is 2.56. The Bertz CT molecular complexity index is 721. The standard InChI is InChI=1S/C13H14N4O3/c1-9-3-5-16(19)11(7-9)14-13(18)15-12-8-10(2)4-6-17(12)20/h3-8,19-20H,1-2H3/b14-11-,15-12+. The third-order valence-electron chi connectivity index (χ3n) is 2.56. The number of carbonyl (C=O) groups excluding carboxylic acids is 1. The second kappa shape index (κ2) is 5.43. The lowest BCUT2D eigenvalue weighted by Gasteiger charge is -1.99. The summed E-state index contributed by atoms with van der Waals surface area (Å²) in [7, 11) is 0. The van der Waals surface area contributed by atoms with Gasteiger partial charge in [0.2, 0.25) is 0 Å². The molecule has 7 heteroatoms. The quantitative estimate of drug-likeness (QED) is 0.702. The second-order valence-electron chi connectivity index (χ2n) is 4.32. The van der Waals surface area contributed by atoms with Crippen LogP contribution in [0.3, 0.4) is 0 Å². The van der Waals surface area contributed by atoms with Gasteiger partial charge >= 0.3 is 6.03 Å². The number of aryl methyl sites for hydroxylation is 2. The monoisotopic (exact) mass is 274 g/mol. The summed E-state index contributed by atoms with van der Waals surface area (Å²) in [6.45, 7) is 3.62. The molecule has 0 saturated carbocycles. The van der Waals surface area contributed by atoms with Gasteiger partial charge in [-0.3, -0.25) is 0 Å². The minimum absolute atomic E-state index is 0.0656. The molecular weight excluding hydrogens is 260 g/mol. The second-order valence-corrected chi connectivity index (χ2v) is 4.32. The Labute approximate surface area is 114 Å². The average Bonchev–Trinajstić information content (AvgIpc) is 2.38. The van der Waals surface area contributed by atoms with Gasteiger partial charge in [0.15, 0.2) is 11.0 Å². The van der Waals surface area contributed by atoms with Crippen LogP contribution in [0.4, 0.5) is 4.79 Å². The molecule has 0 aliphatic heterocycles. The van der Waals surface area contributed by atoms with E-state index in [-0.39, 0.29) is 11.0 Å². The van der Waals surface area contributed by atoms with E-state index in [1.807, 2.05) is 13.8 Å². The molecule has 0 aromatic carbocycles. The maximum atomic E-state index is 11.7. The van der Waals surface area contributed by atoms with Crippen LogP contribution in [0.5, 0.6) is 0 Å². The summed E-state index contributed by atoms with van der Waals surface area (Å²) in [5.41, 5.74) is 1.82. The molecule has 2 heterocycles. The maximum absolute atomic E-state index is 11.7. The summed E-state index contributed by atoms with van der Waals surface area (Å²) >= 11 is 0. The van der Waals surface area contributed by atoms with Crippen molar-refractivity contribution >= 4 is 6.03 Å². The maximum Gasteiger partial charge on any atom is 0.371 e. The zero-order valence-corrected chi connectivity index (χ0v) is 11.1.